The van der Waals surface area contributed by atoms with Gasteiger partial charge in [-0.1, -0.05) is 136 Å². The maximum Gasteiger partial charge on any atom is 0.220 e. The van der Waals surface area contributed by atoms with Crippen LogP contribution in [-0.2, 0) is 4.79 Å². The summed E-state index contributed by atoms with van der Waals surface area (Å²) >= 11 is 0. The van der Waals surface area contributed by atoms with Crippen LogP contribution in [0, 0.1) is 0 Å². The molecular formula is C28H57NO3. The Hall–Kier alpha value is -0.610. The number of unbranched alkanes of at least 4 members (excludes halogenated alkanes) is 18. The van der Waals surface area contributed by atoms with Gasteiger partial charge in [-0.2, -0.15) is 0 Å². The molecule has 2 unspecified atom stereocenters. The molecule has 0 aliphatic carbocycles. The molecule has 192 valence electrons. The molecule has 0 aliphatic rings. The Labute approximate surface area is 200 Å². The summed E-state index contributed by atoms with van der Waals surface area (Å²) in [5.74, 6) is -0.0371. The van der Waals surface area contributed by atoms with Gasteiger partial charge in [-0.25, -0.2) is 0 Å². The Bertz CT molecular complexity index is 389. The van der Waals surface area contributed by atoms with E-state index in [-0.39, 0.29) is 12.5 Å². The molecule has 0 fully saturated rings. The first-order valence-corrected chi connectivity index (χ1v) is 14.2. The van der Waals surface area contributed by atoms with E-state index in [1.54, 1.807) is 0 Å². The van der Waals surface area contributed by atoms with Crippen LogP contribution in [0.15, 0.2) is 0 Å². The summed E-state index contributed by atoms with van der Waals surface area (Å²) in [4.78, 5) is 12.2. The topological polar surface area (TPSA) is 69.6 Å². The Balaban J connectivity index is 3.54. The van der Waals surface area contributed by atoms with E-state index < -0.39 is 12.1 Å². The molecule has 4 nitrogen and oxygen atoms in total. The Morgan fingerprint density at radius 3 is 1.41 bits per heavy atom. The predicted molar refractivity (Wildman–Crippen MR) is 138 cm³/mol. The van der Waals surface area contributed by atoms with Crippen molar-refractivity contribution in [1.29, 1.82) is 0 Å². The van der Waals surface area contributed by atoms with Crippen molar-refractivity contribution in [3.05, 3.63) is 0 Å². The third-order valence-electron chi connectivity index (χ3n) is 6.62. The quantitative estimate of drug-likeness (QED) is 0.125. The number of amides is 1. The maximum atomic E-state index is 12.2. The van der Waals surface area contributed by atoms with Crippen molar-refractivity contribution in [3.8, 4) is 0 Å². The molecule has 0 aromatic rings. The number of hydrogen-bond acceptors (Lipinski definition) is 3. The molecule has 0 bridgehead atoms. The standard InChI is InChI=1S/C28H57NO3/c1-3-5-7-9-11-12-13-14-15-16-17-18-20-22-24-28(32)29-26(25-30)27(31)23-21-19-10-8-6-4-2/h26-27,30-31H,3-25H2,1-2H3,(H,29,32). The molecule has 3 N–H and O–H groups in total. The number of aliphatic hydroxyl groups is 2. The van der Waals surface area contributed by atoms with Crippen molar-refractivity contribution >= 4 is 5.91 Å². The third-order valence-corrected chi connectivity index (χ3v) is 6.62. The highest BCUT2D eigenvalue weighted by molar-refractivity contribution is 5.76. The molecule has 0 heterocycles. The lowest BCUT2D eigenvalue weighted by Gasteiger charge is -2.22. The normalized spacial score (nSPS) is 13.2. The molecular weight excluding hydrogens is 398 g/mol. The number of carbonyl (C=O) groups excluding carboxylic acids is 1. The lowest BCUT2D eigenvalue weighted by Crippen LogP contribution is -2.45. The molecule has 0 aromatic heterocycles. The van der Waals surface area contributed by atoms with E-state index in [4.69, 9.17) is 0 Å². The molecule has 0 aliphatic heterocycles. The monoisotopic (exact) mass is 455 g/mol. The van der Waals surface area contributed by atoms with Gasteiger partial charge in [-0.3, -0.25) is 4.79 Å². The van der Waals surface area contributed by atoms with Gasteiger partial charge in [0.15, 0.2) is 0 Å². The summed E-state index contributed by atoms with van der Waals surface area (Å²) in [5, 5.41) is 22.7. The highest BCUT2D eigenvalue weighted by Gasteiger charge is 2.19. The van der Waals surface area contributed by atoms with Crippen molar-refractivity contribution in [2.45, 2.75) is 167 Å². The van der Waals surface area contributed by atoms with Crippen LogP contribution < -0.4 is 5.32 Å². The van der Waals surface area contributed by atoms with Crippen LogP contribution in [0.4, 0.5) is 0 Å². The fourth-order valence-corrected chi connectivity index (χ4v) is 4.36. The molecule has 2 atom stereocenters. The summed E-state index contributed by atoms with van der Waals surface area (Å²) in [6.07, 6.45) is 25.8. The van der Waals surface area contributed by atoms with Crippen LogP contribution in [0.5, 0.6) is 0 Å². The number of nitrogens with one attached hydrogen (secondary N) is 1. The highest BCUT2D eigenvalue weighted by atomic mass is 16.3. The molecule has 32 heavy (non-hydrogen) atoms. The van der Waals surface area contributed by atoms with Gasteiger partial charge in [0.2, 0.25) is 5.91 Å². The van der Waals surface area contributed by atoms with Crippen molar-refractivity contribution in [3.63, 3.8) is 0 Å². The van der Waals surface area contributed by atoms with Crippen molar-refractivity contribution in [1.82, 2.24) is 5.32 Å². The predicted octanol–water partition coefficient (Wildman–Crippen LogP) is 7.45. The molecule has 0 aromatic carbocycles. The second-order valence-electron chi connectivity index (χ2n) is 9.83. The van der Waals surface area contributed by atoms with Gasteiger partial charge in [0.25, 0.3) is 0 Å². The molecule has 1 amide bonds. The van der Waals surface area contributed by atoms with Crippen LogP contribution in [-0.4, -0.2) is 34.9 Å². The van der Waals surface area contributed by atoms with Crippen molar-refractivity contribution < 1.29 is 15.0 Å². The van der Waals surface area contributed by atoms with Gasteiger partial charge < -0.3 is 15.5 Å². The van der Waals surface area contributed by atoms with Crippen LogP contribution in [0.2, 0.25) is 0 Å². The van der Waals surface area contributed by atoms with Crippen molar-refractivity contribution in [2.24, 2.45) is 0 Å². The fourth-order valence-electron chi connectivity index (χ4n) is 4.36. The second kappa shape index (κ2) is 25.0. The van der Waals surface area contributed by atoms with E-state index in [1.807, 2.05) is 0 Å². The van der Waals surface area contributed by atoms with Crippen molar-refractivity contribution in [2.75, 3.05) is 6.61 Å². The largest absolute Gasteiger partial charge is 0.394 e. The van der Waals surface area contributed by atoms with Gasteiger partial charge in [-0.05, 0) is 12.8 Å². The van der Waals surface area contributed by atoms with Gasteiger partial charge in [0.05, 0.1) is 18.8 Å². The van der Waals surface area contributed by atoms with E-state index in [0.29, 0.717) is 12.8 Å². The highest BCUT2D eigenvalue weighted by Crippen LogP contribution is 2.14. The zero-order chi connectivity index (χ0) is 23.7. The molecule has 4 heteroatoms. The molecule has 0 rings (SSSR count). The Kier molecular flexibility index (Phi) is 24.5. The first-order valence-electron chi connectivity index (χ1n) is 14.2. The fraction of sp³-hybridized carbons (Fsp3) is 0.964. The van der Waals surface area contributed by atoms with E-state index in [2.05, 4.69) is 19.2 Å². The minimum absolute atomic E-state index is 0.0371. The van der Waals surface area contributed by atoms with Crippen LogP contribution in [0.25, 0.3) is 0 Å². The molecule has 0 radical (unpaired) electrons. The summed E-state index contributed by atoms with van der Waals surface area (Å²) in [6.45, 7) is 4.28. The van der Waals surface area contributed by atoms with Gasteiger partial charge >= 0.3 is 0 Å². The second-order valence-corrected chi connectivity index (χ2v) is 9.83. The van der Waals surface area contributed by atoms with Gasteiger partial charge in [0, 0.05) is 6.42 Å². The Morgan fingerprint density at radius 1 is 0.625 bits per heavy atom. The molecule has 0 saturated carbocycles. The van der Waals surface area contributed by atoms with Crippen LogP contribution in [0.3, 0.4) is 0 Å². The number of rotatable bonds is 25. The van der Waals surface area contributed by atoms with Gasteiger partial charge in [-0.15, -0.1) is 0 Å². The first kappa shape index (κ1) is 31.4. The maximum absolute atomic E-state index is 12.2. The lowest BCUT2D eigenvalue weighted by atomic mass is 10.0. The number of carbonyl (C=O) groups is 1. The zero-order valence-corrected chi connectivity index (χ0v) is 21.7. The molecule has 0 spiro atoms. The number of aliphatic hydroxyl groups excluding tert-OH is 2. The summed E-state index contributed by atoms with van der Waals surface area (Å²) in [7, 11) is 0. The SMILES string of the molecule is CCCCCCCCCCCCCCCCC(=O)NC(CO)C(O)CCCCCCCC. The third kappa shape index (κ3) is 21.2. The molecule has 0 saturated heterocycles. The zero-order valence-electron chi connectivity index (χ0n) is 21.7. The van der Waals surface area contributed by atoms with E-state index in [1.165, 1.54) is 103 Å². The minimum atomic E-state index is -0.647. The number of hydrogen-bond donors (Lipinski definition) is 3. The minimum Gasteiger partial charge on any atom is -0.394 e. The average Bonchev–Trinajstić information content (AvgIpc) is 2.79. The summed E-state index contributed by atoms with van der Waals surface area (Å²) in [5.41, 5.74) is 0. The van der Waals surface area contributed by atoms with E-state index in [9.17, 15) is 15.0 Å². The van der Waals surface area contributed by atoms with E-state index >= 15 is 0 Å². The smallest absolute Gasteiger partial charge is 0.220 e. The summed E-state index contributed by atoms with van der Waals surface area (Å²) in [6, 6.07) is -0.523. The summed E-state index contributed by atoms with van der Waals surface area (Å²) < 4.78 is 0. The van der Waals surface area contributed by atoms with Crippen LogP contribution >= 0.6 is 0 Å². The first-order chi connectivity index (χ1) is 15.7. The van der Waals surface area contributed by atoms with Gasteiger partial charge in [0.1, 0.15) is 0 Å². The average molecular weight is 456 g/mol. The van der Waals surface area contributed by atoms with Crippen LogP contribution in [0.1, 0.15) is 155 Å². The lowest BCUT2D eigenvalue weighted by molar-refractivity contribution is -0.123. The van der Waals surface area contributed by atoms with E-state index in [0.717, 1.165) is 25.7 Å². The Morgan fingerprint density at radius 2 is 1.00 bits per heavy atom.